The first-order valence-corrected chi connectivity index (χ1v) is 10.7. The van der Waals surface area contributed by atoms with Gasteiger partial charge in [-0.15, -0.1) is 0 Å². The molecule has 0 N–H and O–H groups in total. The zero-order valence-electron chi connectivity index (χ0n) is 16.9. The van der Waals surface area contributed by atoms with Crippen molar-refractivity contribution in [1.82, 2.24) is 4.90 Å². The first-order chi connectivity index (χ1) is 13.2. The second kappa shape index (κ2) is 8.48. The summed E-state index contributed by atoms with van der Waals surface area (Å²) in [5, 5.41) is 0. The molecule has 27 heavy (non-hydrogen) atoms. The summed E-state index contributed by atoms with van der Waals surface area (Å²) >= 11 is 0. The Morgan fingerprint density at radius 3 is 2.59 bits per heavy atom. The Labute approximate surface area is 164 Å². The molecule has 0 saturated heterocycles. The van der Waals surface area contributed by atoms with Gasteiger partial charge in [-0.1, -0.05) is 42.8 Å². The van der Waals surface area contributed by atoms with Crippen molar-refractivity contribution in [2.24, 2.45) is 5.92 Å². The van der Waals surface area contributed by atoms with Crippen LogP contribution in [-0.2, 0) is 6.42 Å². The third-order valence-electron chi connectivity index (χ3n) is 6.57. The summed E-state index contributed by atoms with van der Waals surface area (Å²) in [5.41, 5.74) is 4.69. The Morgan fingerprint density at radius 1 is 0.963 bits per heavy atom. The highest BCUT2D eigenvalue weighted by Crippen LogP contribution is 2.51. The van der Waals surface area contributed by atoms with Gasteiger partial charge in [-0.05, 0) is 92.8 Å². The molecule has 2 aliphatic rings. The van der Waals surface area contributed by atoms with Crippen LogP contribution in [-0.4, -0.2) is 32.1 Å². The number of benzene rings is 2. The van der Waals surface area contributed by atoms with Crippen molar-refractivity contribution < 1.29 is 4.74 Å². The van der Waals surface area contributed by atoms with E-state index in [0.29, 0.717) is 0 Å². The summed E-state index contributed by atoms with van der Waals surface area (Å²) in [4.78, 5) is 2.21. The molecule has 0 bridgehead atoms. The van der Waals surface area contributed by atoms with Crippen LogP contribution in [0.15, 0.2) is 48.5 Å². The summed E-state index contributed by atoms with van der Waals surface area (Å²) in [6.07, 6.45) is 7.66. The van der Waals surface area contributed by atoms with Crippen LogP contribution in [0.2, 0.25) is 0 Å². The average molecular weight is 364 g/mol. The minimum atomic E-state index is 0.732. The molecule has 2 aliphatic carbocycles. The lowest BCUT2D eigenvalue weighted by Gasteiger charge is -2.43. The molecule has 2 aromatic carbocycles. The summed E-state index contributed by atoms with van der Waals surface area (Å²) < 4.78 is 6.02. The molecule has 144 valence electrons. The molecule has 0 aliphatic heterocycles. The predicted molar refractivity (Wildman–Crippen MR) is 113 cm³/mol. The SMILES string of the molecule is CN(C)CCCOc1ccc2c(c1)CC[C@@H]1[C@@H]2CCC[C@H]1c1ccccc1. The van der Waals surface area contributed by atoms with Crippen LogP contribution < -0.4 is 4.74 Å². The van der Waals surface area contributed by atoms with Crippen LogP contribution in [0, 0.1) is 5.92 Å². The van der Waals surface area contributed by atoms with E-state index in [0.717, 1.165) is 43.1 Å². The third-order valence-corrected chi connectivity index (χ3v) is 6.57. The first-order valence-electron chi connectivity index (χ1n) is 10.7. The first kappa shape index (κ1) is 18.6. The van der Waals surface area contributed by atoms with E-state index in [4.69, 9.17) is 4.74 Å². The largest absolute Gasteiger partial charge is 0.494 e. The second-order valence-electron chi connectivity index (χ2n) is 8.62. The van der Waals surface area contributed by atoms with Gasteiger partial charge in [0.2, 0.25) is 0 Å². The molecule has 2 aromatic rings. The van der Waals surface area contributed by atoms with Crippen LogP contribution in [0.25, 0.3) is 0 Å². The van der Waals surface area contributed by atoms with E-state index in [9.17, 15) is 0 Å². The van der Waals surface area contributed by atoms with Crippen molar-refractivity contribution in [1.29, 1.82) is 0 Å². The molecule has 2 nitrogen and oxygen atoms in total. The smallest absolute Gasteiger partial charge is 0.119 e. The Hall–Kier alpha value is -1.80. The van der Waals surface area contributed by atoms with E-state index in [2.05, 4.69) is 67.5 Å². The quantitative estimate of drug-likeness (QED) is 0.617. The fourth-order valence-electron chi connectivity index (χ4n) is 5.31. The molecule has 1 saturated carbocycles. The molecule has 0 unspecified atom stereocenters. The molecule has 0 aromatic heterocycles. The maximum absolute atomic E-state index is 6.02. The minimum Gasteiger partial charge on any atom is -0.494 e. The van der Waals surface area contributed by atoms with Crippen LogP contribution >= 0.6 is 0 Å². The lowest BCUT2D eigenvalue weighted by Crippen LogP contribution is -2.30. The highest BCUT2D eigenvalue weighted by Gasteiger charge is 2.38. The highest BCUT2D eigenvalue weighted by molar-refractivity contribution is 5.41. The van der Waals surface area contributed by atoms with Crippen molar-refractivity contribution >= 4 is 0 Å². The molecule has 0 spiro atoms. The maximum atomic E-state index is 6.02. The van der Waals surface area contributed by atoms with E-state index in [1.165, 1.54) is 37.7 Å². The van der Waals surface area contributed by atoms with E-state index in [-0.39, 0.29) is 0 Å². The molecule has 0 radical (unpaired) electrons. The average Bonchev–Trinajstić information content (AvgIpc) is 2.71. The monoisotopic (exact) mass is 363 g/mol. The van der Waals surface area contributed by atoms with E-state index < -0.39 is 0 Å². The van der Waals surface area contributed by atoms with Gasteiger partial charge in [0.05, 0.1) is 6.61 Å². The van der Waals surface area contributed by atoms with Gasteiger partial charge in [0, 0.05) is 6.54 Å². The number of hydrogen-bond acceptors (Lipinski definition) is 2. The molecule has 4 rings (SSSR count). The number of fused-ring (bicyclic) bond motifs is 3. The number of hydrogen-bond donors (Lipinski definition) is 0. The second-order valence-corrected chi connectivity index (χ2v) is 8.62. The Morgan fingerprint density at radius 2 is 1.78 bits per heavy atom. The number of nitrogens with zero attached hydrogens (tertiary/aromatic N) is 1. The molecule has 0 heterocycles. The number of ether oxygens (including phenoxy) is 1. The normalized spacial score (nSPS) is 24.3. The van der Waals surface area contributed by atoms with Crippen LogP contribution in [0.4, 0.5) is 0 Å². The van der Waals surface area contributed by atoms with Crippen LogP contribution in [0.3, 0.4) is 0 Å². The Bertz CT molecular complexity index is 739. The van der Waals surface area contributed by atoms with Crippen molar-refractivity contribution in [2.45, 2.75) is 50.4 Å². The summed E-state index contributed by atoms with van der Waals surface area (Å²) in [7, 11) is 4.23. The molecule has 2 heteroatoms. The zero-order valence-corrected chi connectivity index (χ0v) is 16.9. The van der Waals surface area contributed by atoms with E-state index >= 15 is 0 Å². The van der Waals surface area contributed by atoms with Crippen molar-refractivity contribution in [3.63, 3.8) is 0 Å². The molecule has 1 fully saturated rings. The predicted octanol–water partition coefficient (Wildman–Crippen LogP) is 5.63. The fourth-order valence-corrected chi connectivity index (χ4v) is 5.31. The van der Waals surface area contributed by atoms with Gasteiger partial charge in [0.1, 0.15) is 5.75 Å². The summed E-state index contributed by atoms with van der Waals surface area (Å²) in [6.45, 7) is 1.88. The topological polar surface area (TPSA) is 12.5 Å². The lowest BCUT2D eigenvalue weighted by atomic mass is 9.62. The third kappa shape index (κ3) is 4.21. The van der Waals surface area contributed by atoms with Crippen molar-refractivity contribution in [3.8, 4) is 5.75 Å². The summed E-state index contributed by atoms with van der Waals surface area (Å²) in [5.74, 6) is 3.33. The Balaban J connectivity index is 1.47. The lowest BCUT2D eigenvalue weighted by molar-refractivity contribution is 0.235. The van der Waals surface area contributed by atoms with Gasteiger partial charge in [-0.2, -0.15) is 0 Å². The maximum Gasteiger partial charge on any atom is 0.119 e. The minimum absolute atomic E-state index is 0.732. The van der Waals surface area contributed by atoms with E-state index in [1.54, 1.807) is 11.1 Å². The van der Waals surface area contributed by atoms with Gasteiger partial charge >= 0.3 is 0 Å². The van der Waals surface area contributed by atoms with Gasteiger partial charge in [-0.3, -0.25) is 0 Å². The van der Waals surface area contributed by atoms with Gasteiger partial charge < -0.3 is 9.64 Å². The molecule has 3 atom stereocenters. The van der Waals surface area contributed by atoms with Crippen molar-refractivity contribution in [3.05, 3.63) is 65.2 Å². The van der Waals surface area contributed by atoms with Gasteiger partial charge in [0.15, 0.2) is 0 Å². The van der Waals surface area contributed by atoms with Crippen LogP contribution in [0.1, 0.15) is 60.6 Å². The molecule has 0 amide bonds. The number of aryl methyl sites for hydroxylation is 1. The Kier molecular flexibility index (Phi) is 5.83. The van der Waals surface area contributed by atoms with E-state index in [1.807, 2.05) is 0 Å². The molecular formula is C25H33NO. The highest BCUT2D eigenvalue weighted by atomic mass is 16.5. The standard InChI is InChI=1S/C25H33NO/c1-26(2)16-7-17-27-21-13-15-23-20(18-21)12-14-25-22(10-6-11-24(23)25)19-8-4-3-5-9-19/h3-5,8-9,13,15,18,22,24-25H,6-7,10-12,14,16-17H2,1-2H3/t22-,24+,25-/m0/s1. The van der Waals surface area contributed by atoms with Gasteiger partial charge in [-0.25, -0.2) is 0 Å². The molecular weight excluding hydrogens is 330 g/mol. The zero-order chi connectivity index (χ0) is 18.6. The fraction of sp³-hybridized carbons (Fsp3) is 0.520. The van der Waals surface area contributed by atoms with Gasteiger partial charge in [0.25, 0.3) is 0 Å². The summed E-state index contributed by atoms with van der Waals surface area (Å²) in [6, 6.07) is 18.1. The number of rotatable bonds is 6. The van der Waals surface area contributed by atoms with Crippen molar-refractivity contribution in [2.75, 3.05) is 27.2 Å². The van der Waals surface area contributed by atoms with Crippen LogP contribution in [0.5, 0.6) is 5.75 Å².